The summed E-state index contributed by atoms with van der Waals surface area (Å²) in [6.07, 6.45) is 2.28. The van der Waals surface area contributed by atoms with Gasteiger partial charge in [0.05, 0.1) is 10.1 Å². The van der Waals surface area contributed by atoms with Gasteiger partial charge in [0.15, 0.2) is 0 Å². The number of thioether (sulfide) groups is 1. The quantitative estimate of drug-likeness (QED) is 0.390. The number of aromatic hydroxyl groups is 2. The number of nitrogens with zero attached hydrogens (tertiary/aromatic N) is 1. The average Bonchev–Trinajstić information content (AvgIpc) is 3.25. The van der Waals surface area contributed by atoms with Crippen molar-refractivity contribution >= 4 is 11.8 Å². The van der Waals surface area contributed by atoms with E-state index >= 15 is 0 Å². The third kappa shape index (κ3) is 5.39. The first-order valence-electron chi connectivity index (χ1n) is 12.3. The molecule has 2 aliphatic rings. The topological polar surface area (TPSA) is 62.2 Å². The molecular weight excluding hydrogens is 458 g/mol. The summed E-state index contributed by atoms with van der Waals surface area (Å²) in [5.41, 5.74) is 2.56. The number of fused-ring (bicyclic) bond motifs is 1. The SMILES string of the molecule is CC[C@@]1(C)CCN(CCOc2ccc([C@@H]3Oc4ccc(O)cc4S[C@@H]3c3ccc(O)cc3)cc2)C1. The zero-order valence-electron chi connectivity index (χ0n) is 20.3. The van der Waals surface area contributed by atoms with E-state index in [0.29, 0.717) is 12.0 Å². The molecule has 0 unspecified atom stereocenters. The molecule has 3 aromatic rings. The van der Waals surface area contributed by atoms with Gasteiger partial charge in [-0.05, 0) is 78.4 Å². The highest BCUT2D eigenvalue weighted by Gasteiger charge is 2.34. The Hall–Kier alpha value is -2.83. The Morgan fingerprint density at radius 3 is 2.43 bits per heavy atom. The van der Waals surface area contributed by atoms with Crippen molar-refractivity contribution in [3.05, 3.63) is 77.9 Å². The van der Waals surface area contributed by atoms with Gasteiger partial charge in [0.2, 0.25) is 0 Å². The van der Waals surface area contributed by atoms with E-state index in [0.717, 1.165) is 47.2 Å². The van der Waals surface area contributed by atoms with Gasteiger partial charge in [-0.2, -0.15) is 0 Å². The smallest absolute Gasteiger partial charge is 0.140 e. The van der Waals surface area contributed by atoms with E-state index < -0.39 is 0 Å². The monoisotopic (exact) mass is 491 g/mol. The van der Waals surface area contributed by atoms with Crippen LogP contribution in [0.2, 0.25) is 0 Å². The molecule has 0 bridgehead atoms. The van der Waals surface area contributed by atoms with Crippen LogP contribution >= 0.6 is 11.8 Å². The molecule has 5 nitrogen and oxygen atoms in total. The summed E-state index contributed by atoms with van der Waals surface area (Å²) in [6, 6.07) is 20.6. The average molecular weight is 492 g/mol. The van der Waals surface area contributed by atoms with Crippen molar-refractivity contribution in [1.82, 2.24) is 4.90 Å². The zero-order chi connectivity index (χ0) is 24.4. The Labute approximate surface area is 211 Å². The molecule has 1 fully saturated rings. The summed E-state index contributed by atoms with van der Waals surface area (Å²) in [5.74, 6) is 2.08. The van der Waals surface area contributed by atoms with Crippen LogP contribution in [-0.2, 0) is 0 Å². The highest BCUT2D eigenvalue weighted by Crippen LogP contribution is 2.54. The third-order valence-corrected chi connectivity index (χ3v) is 8.65. The number of phenolic OH excluding ortho intramolecular Hbond substituents is 2. The van der Waals surface area contributed by atoms with Crippen LogP contribution in [0.1, 0.15) is 49.2 Å². The van der Waals surface area contributed by atoms with Gasteiger partial charge < -0.3 is 19.7 Å². The molecule has 0 saturated carbocycles. The lowest BCUT2D eigenvalue weighted by atomic mass is 9.87. The van der Waals surface area contributed by atoms with E-state index in [4.69, 9.17) is 9.47 Å². The molecule has 0 amide bonds. The highest BCUT2D eigenvalue weighted by molar-refractivity contribution is 7.99. The molecule has 0 spiro atoms. The fraction of sp³-hybridized carbons (Fsp3) is 0.379. The molecule has 1 saturated heterocycles. The second kappa shape index (κ2) is 10.0. The Bertz CT molecular complexity index is 1150. The van der Waals surface area contributed by atoms with Crippen LogP contribution in [-0.4, -0.2) is 41.4 Å². The van der Waals surface area contributed by atoms with Crippen molar-refractivity contribution in [1.29, 1.82) is 0 Å². The van der Waals surface area contributed by atoms with Gasteiger partial charge in [0, 0.05) is 13.1 Å². The summed E-state index contributed by atoms with van der Waals surface area (Å²) in [5, 5.41) is 19.7. The molecule has 35 heavy (non-hydrogen) atoms. The van der Waals surface area contributed by atoms with Crippen LogP contribution in [0.25, 0.3) is 0 Å². The van der Waals surface area contributed by atoms with Gasteiger partial charge in [-0.1, -0.05) is 38.1 Å². The van der Waals surface area contributed by atoms with Crippen molar-refractivity contribution in [2.24, 2.45) is 5.41 Å². The first-order chi connectivity index (χ1) is 16.9. The highest BCUT2D eigenvalue weighted by atomic mass is 32.2. The van der Waals surface area contributed by atoms with Gasteiger partial charge >= 0.3 is 0 Å². The Morgan fingerprint density at radius 1 is 1.00 bits per heavy atom. The molecule has 3 aromatic carbocycles. The maximum absolute atomic E-state index is 9.95. The normalized spacial score (nSPS) is 24.1. The number of ether oxygens (including phenoxy) is 2. The van der Waals surface area contributed by atoms with E-state index in [1.165, 1.54) is 12.8 Å². The van der Waals surface area contributed by atoms with Crippen LogP contribution in [0, 0.1) is 5.41 Å². The number of phenols is 2. The molecule has 184 valence electrons. The molecular formula is C29H33NO4S. The van der Waals surface area contributed by atoms with Gasteiger partial charge in [-0.3, -0.25) is 4.90 Å². The standard InChI is InChI=1S/C29H33NO4S/c1-3-29(2)14-15-30(19-29)16-17-33-24-11-6-20(7-12-24)27-28(21-4-8-22(31)9-5-21)35-26-18-23(32)10-13-25(26)34-27/h4-13,18,27-28,31-32H,3,14-17,19H2,1-2H3/t27-,28+,29-/m0/s1. The van der Waals surface area contributed by atoms with Crippen LogP contribution < -0.4 is 9.47 Å². The molecule has 6 heteroatoms. The minimum Gasteiger partial charge on any atom is -0.508 e. The zero-order valence-corrected chi connectivity index (χ0v) is 21.1. The van der Waals surface area contributed by atoms with Gasteiger partial charge in [-0.15, -0.1) is 11.8 Å². The van der Waals surface area contributed by atoms with Crippen LogP contribution in [0.3, 0.4) is 0 Å². The first-order valence-corrected chi connectivity index (χ1v) is 13.2. The predicted molar refractivity (Wildman–Crippen MR) is 140 cm³/mol. The van der Waals surface area contributed by atoms with E-state index in [1.807, 2.05) is 30.3 Å². The van der Waals surface area contributed by atoms with Crippen molar-refractivity contribution < 1.29 is 19.7 Å². The number of likely N-dealkylation sites (tertiary alicyclic amines) is 1. The predicted octanol–water partition coefficient (Wildman–Crippen LogP) is 6.57. The number of benzene rings is 3. The molecule has 2 heterocycles. The van der Waals surface area contributed by atoms with E-state index in [9.17, 15) is 10.2 Å². The van der Waals surface area contributed by atoms with Crippen molar-refractivity contribution in [2.45, 2.75) is 42.9 Å². The third-order valence-electron chi connectivity index (χ3n) is 7.31. The molecule has 3 atom stereocenters. The number of rotatable bonds is 7. The lowest BCUT2D eigenvalue weighted by molar-refractivity contribution is 0.190. The summed E-state index contributed by atoms with van der Waals surface area (Å²) in [7, 11) is 0. The van der Waals surface area contributed by atoms with Crippen LogP contribution in [0.5, 0.6) is 23.0 Å². The summed E-state index contributed by atoms with van der Waals surface area (Å²) in [6.45, 7) is 8.60. The number of hydrogen-bond acceptors (Lipinski definition) is 6. The Balaban J connectivity index is 1.29. The van der Waals surface area contributed by atoms with Crippen LogP contribution in [0.4, 0.5) is 0 Å². The fourth-order valence-electron chi connectivity index (χ4n) is 4.88. The van der Waals surface area contributed by atoms with Crippen molar-refractivity contribution in [3.63, 3.8) is 0 Å². The molecule has 5 rings (SSSR count). The van der Waals surface area contributed by atoms with Crippen molar-refractivity contribution in [2.75, 3.05) is 26.2 Å². The van der Waals surface area contributed by atoms with Crippen molar-refractivity contribution in [3.8, 4) is 23.0 Å². The number of hydrogen-bond donors (Lipinski definition) is 2. The maximum atomic E-state index is 9.95. The minimum absolute atomic E-state index is 0.0280. The fourth-order valence-corrected chi connectivity index (χ4v) is 6.21. The van der Waals surface area contributed by atoms with E-state index in [-0.39, 0.29) is 22.9 Å². The Morgan fingerprint density at radius 2 is 1.71 bits per heavy atom. The van der Waals surface area contributed by atoms with Gasteiger partial charge in [0.25, 0.3) is 0 Å². The van der Waals surface area contributed by atoms with E-state index in [2.05, 4.69) is 30.9 Å². The molecule has 0 radical (unpaired) electrons. The second-order valence-electron chi connectivity index (χ2n) is 9.91. The lowest BCUT2D eigenvalue weighted by Crippen LogP contribution is -2.28. The first kappa shape index (κ1) is 23.9. The van der Waals surface area contributed by atoms with Crippen LogP contribution in [0.15, 0.2) is 71.6 Å². The molecule has 2 aliphatic heterocycles. The summed E-state index contributed by atoms with van der Waals surface area (Å²) in [4.78, 5) is 3.41. The maximum Gasteiger partial charge on any atom is 0.140 e. The second-order valence-corrected chi connectivity index (χ2v) is 11.1. The molecule has 2 N–H and O–H groups in total. The lowest BCUT2D eigenvalue weighted by Gasteiger charge is -2.34. The van der Waals surface area contributed by atoms with E-state index in [1.54, 1.807) is 36.0 Å². The molecule has 0 aliphatic carbocycles. The Kier molecular flexibility index (Phi) is 6.85. The minimum atomic E-state index is -0.216. The summed E-state index contributed by atoms with van der Waals surface area (Å²) < 4.78 is 12.5. The summed E-state index contributed by atoms with van der Waals surface area (Å²) >= 11 is 1.66. The largest absolute Gasteiger partial charge is 0.508 e. The van der Waals surface area contributed by atoms with Gasteiger partial charge in [-0.25, -0.2) is 0 Å². The van der Waals surface area contributed by atoms with Gasteiger partial charge in [0.1, 0.15) is 35.7 Å². The molecule has 0 aromatic heterocycles.